The van der Waals surface area contributed by atoms with Gasteiger partial charge in [0.15, 0.2) is 0 Å². The van der Waals surface area contributed by atoms with Gasteiger partial charge < -0.3 is 18.3 Å². The van der Waals surface area contributed by atoms with Crippen LogP contribution in [0.25, 0.3) is 77.6 Å². The van der Waals surface area contributed by atoms with Crippen molar-refractivity contribution in [1.29, 1.82) is 0 Å². The van der Waals surface area contributed by atoms with E-state index in [0.717, 1.165) is 79.8 Å². The summed E-state index contributed by atoms with van der Waals surface area (Å²) in [5, 5.41) is 5.71. The normalized spacial score (nSPS) is 12.8. The number of para-hydroxylation sites is 2. The van der Waals surface area contributed by atoms with Crippen LogP contribution >= 0.6 is 0 Å². The molecule has 0 atom stereocenters. The smallest absolute Gasteiger partial charge is 0.137 e. The predicted molar refractivity (Wildman–Crippen MR) is 215 cm³/mol. The van der Waals surface area contributed by atoms with E-state index in [-0.39, 0.29) is 0 Å². The van der Waals surface area contributed by atoms with Crippen LogP contribution in [0.4, 0.5) is 17.1 Å². The fourth-order valence-corrected chi connectivity index (χ4v) is 8.26. The van der Waals surface area contributed by atoms with E-state index >= 15 is 0 Å². The molecule has 0 unspecified atom stereocenters. The molecule has 0 spiro atoms. The van der Waals surface area contributed by atoms with Gasteiger partial charge in [0.1, 0.15) is 22.5 Å². The maximum Gasteiger partial charge on any atom is 0.137 e. The third kappa shape index (κ3) is 4.41. The summed E-state index contributed by atoms with van der Waals surface area (Å²) in [6.07, 6.45) is 6.40. The van der Waals surface area contributed by atoms with Crippen molar-refractivity contribution < 1.29 is 8.83 Å². The van der Waals surface area contributed by atoms with Gasteiger partial charge in [0.2, 0.25) is 0 Å². The van der Waals surface area contributed by atoms with Crippen molar-refractivity contribution in [3.8, 4) is 16.8 Å². The van der Waals surface area contributed by atoms with E-state index in [1.54, 1.807) is 0 Å². The first-order chi connectivity index (χ1) is 25.8. The van der Waals surface area contributed by atoms with Crippen molar-refractivity contribution in [2.45, 2.75) is 12.8 Å². The molecule has 1 aliphatic carbocycles. The predicted octanol–water partition coefficient (Wildman–Crippen LogP) is 13.5. The highest BCUT2D eigenvalue weighted by atomic mass is 16.3. The number of allylic oxidation sites excluding steroid dienone is 1. The van der Waals surface area contributed by atoms with Crippen LogP contribution < -0.4 is 4.90 Å². The summed E-state index contributed by atoms with van der Waals surface area (Å²) in [7, 11) is 0. The average molecular weight is 669 g/mol. The Kier molecular flexibility index (Phi) is 6.34. The second-order valence-corrected chi connectivity index (χ2v) is 13.6. The van der Waals surface area contributed by atoms with Crippen LogP contribution in [0.3, 0.4) is 0 Å². The number of hydrogen-bond donors (Lipinski definition) is 0. The summed E-state index contributed by atoms with van der Waals surface area (Å²) in [5.41, 5.74) is 12.9. The van der Waals surface area contributed by atoms with E-state index in [1.807, 2.05) is 12.1 Å². The van der Waals surface area contributed by atoms with Crippen molar-refractivity contribution >= 4 is 77.9 Å². The zero-order valence-electron chi connectivity index (χ0n) is 28.3. The number of aryl methyl sites for hydroxylation is 1. The Bertz CT molecular complexity index is 3020. The lowest BCUT2D eigenvalue weighted by Gasteiger charge is -2.26. The molecular formula is C48H32N2O2. The highest BCUT2D eigenvalue weighted by molar-refractivity contribution is 6.15. The number of anilines is 3. The van der Waals surface area contributed by atoms with Gasteiger partial charge in [-0.2, -0.15) is 0 Å². The minimum Gasteiger partial charge on any atom is -0.460 e. The van der Waals surface area contributed by atoms with Crippen LogP contribution in [-0.2, 0) is 6.42 Å². The lowest BCUT2D eigenvalue weighted by Crippen LogP contribution is -2.10. The minimum absolute atomic E-state index is 0.864. The number of rotatable bonds is 5. The summed E-state index contributed by atoms with van der Waals surface area (Å²) in [6.45, 7) is 0. The van der Waals surface area contributed by atoms with Gasteiger partial charge in [0.05, 0.1) is 22.1 Å². The van der Waals surface area contributed by atoms with Crippen LogP contribution in [0.5, 0.6) is 0 Å². The molecule has 0 fully saturated rings. The van der Waals surface area contributed by atoms with Crippen LogP contribution in [-0.4, -0.2) is 4.57 Å². The monoisotopic (exact) mass is 668 g/mol. The van der Waals surface area contributed by atoms with E-state index in [2.05, 4.69) is 167 Å². The van der Waals surface area contributed by atoms with Gasteiger partial charge >= 0.3 is 0 Å². The summed E-state index contributed by atoms with van der Waals surface area (Å²) in [5.74, 6) is 1.06. The number of aromatic nitrogens is 1. The Morgan fingerprint density at radius 2 is 1.25 bits per heavy atom. The number of nitrogens with zero attached hydrogens (tertiary/aromatic N) is 2. The fraction of sp³-hybridized carbons (Fsp3) is 0.0417. The van der Waals surface area contributed by atoms with Gasteiger partial charge in [-0.05, 0) is 90.3 Å². The number of furan rings is 2. The fourth-order valence-electron chi connectivity index (χ4n) is 8.26. The maximum atomic E-state index is 6.42. The zero-order valence-corrected chi connectivity index (χ0v) is 28.3. The van der Waals surface area contributed by atoms with Gasteiger partial charge in [-0.3, -0.25) is 0 Å². The SMILES string of the molecule is C1=Cc2c(oc3ccc(N(c4ccc5c(c4)c4ccc(-c6ccccc6)cc4n5-c4ccccc4)c4cccc5oc6ccccc6c45)cc23)CC1. The molecule has 4 heteroatoms. The van der Waals surface area contributed by atoms with Gasteiger partial charge in [-0.25, -0.2) is 0 Å². The van der Waals surface area contributed by atoms with Crippen molar-refractivity contribution in [1.82, 2.24) is 4.57 Å². The topological polar surface area (TPSA) is 34.5 Å². The number of benzene rings is 7. The molecule has 3 heterocycles. The van der Waals surface area contributed by atoms with E-state index in [4.69, 9.17) is 8.83 Å². The first-order valence-electron chi connectivity index (χ1n) is 17.9. The Balaban J connectivity index is 1.19. The second kappa shape index (κ2) is 11.4. The summed E-state index contributed by atoms with van der Waals surface area (Å²) in [6, 6.07) is 56.4. The summed E-state index contributed by atoms with van der Waals surface area (Å²) in [4.78, 5) is 2.39. The molecule has 0 radical (unpaired) electrons. The van der Waals surface area contributed by atoms with Crippen LogP contribution in [0, 0.1) is 0 Å². The Hall–Kier alpha value is -6.78. The lowest BCUT2D eigenvalue weighted by molar-refractivity contribution is 0.546. The Labute approximate surface area is 300 Å². The van der Waals surface area contributed by atoms with Crippen molar-refractivity contribution in [2.75, 3.05) is 4.90 Å². The van der Waals surface area contributed by atoms with Crippen molar-refractivity contribution in [2.24, 2.45) is 0 Å². The van der Waals surface area contributed by atoms with Gasteiger partial charge in [0, 0.05) is 50.6 Å². The lowest BCUT2D eigenvalue weighted by atomic mass is 10.0. The van der Waals surface area contributed by atoms with Crippen molar-refractivity contribution in [3.63, 3.8) is 0 Å². The number of fused-ring (bicyclic) bond motifs is 9. The van der Waals surface area contributed by atoms with Crippen molar-refractivity contribution in [3.05, 3.63) is 175 Å². The summed E-state index contributed by atoms with van der Waals surface area (Å²) >= 11 is 0. The molecule has 10 aromatic rings. The third-order valence-electron chi connectivity index (χ3n) is 10.6. The Morgan fingerprint density at radius 3 is 2.13 bits per heavy atom. The van der Waals surface area contributed by atoms with E-state index in [9.17, 15) is 0 Å². The van der Waals surface area contributed by atoms with E-state index in [1.165, 1.54) is 33.0 Å². The molecule has 11 rings (SSSR count). The van der Waals surface area contributed by atoms with Crippen LogP contribution in [0.1, 0.15) is 17.7 Å². The largest absolute Gasteiger partial charge is 0.460 e. The first-order valence-corrected chi connectivity index (χ1v) is 17.9. The molecule has 0 saturated heterocycles. The average Bonchev–Trinajstić information content (AvgIpc) is 3.88. The van der Waals surface area contributed by atoms with E-state index < -0.39 is 0 Å². The maximum absolute atomic E-state index is 6.42. The van der Waals surface area contributed by atoms with Gasteiger partial charge in [-0.15, -0.1) is 0 Å². The molecule has 246 valence electrons. The molecular weight excluding hydrogens is 637 g/mol. The standard InChI is InChI=1S/C48H32N2O2/c1-3-12-31(13-4-1)32-22-25-36-39-29-34(23-26-41(39)50(43(36)28-32)33-14-5-2-6-15-33)49(35-24-27-46-40(30-35)37-16-7-9-19-44(37)51-46)42-18-11-21-47-48(42)38-17-8-10-20-45(38)52-47/h1-8,10-18,20-30H,9,19H2. The van der Waals surface area contributed by atoms with Crippen LogP contribution in [0.15, 0.2) is 173 Å². The second-order valence-electron chi connectivity index (χ2n) is 13.6. The molecule has 52 heavy (non-hydrogen) atoms. The molecule has 0 N–H and O–H groups in total. The quantitative estimate of drug-likeness (QED) is 0.183. The molecule has 0 amide bonds. The third-order valence-corrected chi connectivity index (χ3v) is 10.6. The highest BCUT2D eigenvalue weighted by Gasteiger charge is 2.23. The Morgan fingerprint density at radius 1 is 0.500 bits per heavy atom. The van der Waals surface area contributed by atoms with Gasteiger partial charge in [-0.1, -0.05) is 97.1 Å². The van der Waals surface area contributed by atoms with Gasteiger partial charge in [0.25, 0.3) is 0 Å². The zero-order chi connectivity index (χ0) is 34.2. The molecule has 7 aromatic carbocycles. The molecule has 4 nitrogen and oxygen atoms in total. The number of hydrogen-bond acceptors (Lipinski definition) is 3. The molecule has 0 aliphatic heterocycles. The molecule has 1 aliphatic rings. The molecule has 3 aromatic heterocycles. The highest BCUT2D eigenvalue weighted by Crippen LogP contribution is 2.46. The first kappa shape index (κ1) is 29.0. The minimum atomic E-state index is 0.864. The molecule has 0 saturated carbocycles. The van der Waals surface area contributed by atoms with Crippen LogP contribution in [0.2, 0.25) is 0 Å². The summed E-state index contributed by atoms with van der Waals surface area (Å²) < 4.78 is 15.2. The molecule has 0 bridgehead atoms. The van der Waals surface area contributed by atoms with E-state index in [0.29, 0.717) is 0 Å².